The number of halogens is 1. The quantitative estimate of drug-likeness (QED) is 0.623. The molecule has 0 aromatic carbocycles. The Labute approximate surface area is 61.8 Å². The average molecular weight is 235 g/mol. The van der Waals surface area contributed by atoms with Crippen molar-refractivity contribution in [3.8, 4) is 6.07 Å². The van der Waals surface area contributed by atoms with Crippen LogP contribution in [-0.2, 0) is 0 Å². The molecule has 1 rings (SSSR count). The SMILES string of the molecule is N#Cc1ccc(Br)[se]1. The van der Waals surface area contributed by atoms with Crippen molar-refractivity contribution in [1.82, 2.24) is 0 Å². The molecular weight excluding hydrogens is 233 g/mol. The minimum atomic E-state index is 0.273. The molecule has 1 aromatic rings. The molecule has 1 heterocycles. The standard InChI is InChI=1S/C5H2BrNSe/c6-5-2-1-4(3-7)8-5/h1-2H. The first-order chi connectivity index (χ1) is 3.83. The molecule has 0 N–H and O–H groups in total. The Kier molecular flexibility index (Phi) is 1.90. The molecule has 0 radical (unpaired) electrons. The summed E-state index contributed by atoms with van der Waals surface area (Å²) in [5.74, 6) is 0. The molecule has 0 fully saturated rings. The Morgan fingerprint density at radius 3 is 2.62 bits per heavy atom. The van der Waals surface area contributed by atoms with Crippen molar-refractivity contribution in [2.75, 3.05) is 0 Å². The van der Waals surface area contributed by atoms with Gasteiger partial charge in [-0.3, -0.25) is 0 Å². The van der Waals surface area contributed by atoms with Crippen LogP contribution in [0.15, 0.2) is 15.5 Å². The third kappa shape index (κ3) is 1.23. The van der Waals surface area contributed by atoms with E-state index in [1.807, 2.05) is 12.1 Å². The molecule has 0 amide bonds. The van der Waals surface area contributed by atoms with E-state index in [0.29, 0.717) is 0 Å². The van der Waals surface area contributed by atoms with E-state index < -0.39 is 0 Å². The van der Waals surface area contributed by atoms with Gasteiger partial charge in [0.25, 0.3) is 0 Å². The summed E-state index contributed by atoms with van der Waals surface area (Å²) in [6.45, 7) is 0. The van der Waals surface area contributed by atoms with Gasteiger partial charge in [0.15, 0.2) is 0 Å². The van der Waals surface area contributed by atoms with E-state index in [4.69, 9.17) is 5.26 Å². The topological polar surface area (TPSA) is 23.8 Å². The molecule has 0 aliphatic rings. The van der Waals surface area contributed by atoms with E-state index >= 15 is 0 Å². The van der Waals surface area contributed by atoms with Gasteiger partial charge in [-0.2, -0.15) is 0 Å². The Bertz CT molecular complexity index is 223. The van der Waals surface area contributed by atoms with Crippen LogP contribution in [-0.4, -0.2) is 14.5 Å². The van der Waals surface area contributed by atoms with Crippen molar-refractivity contribution < 1.29 is 0 Å². The normalized spacial score (nSPS) is 8.50. The first-order valence-electron chi connectivity index (χ1n) is 1.98. The van der Waals surface area contributed by atoms with Gasteiger partial charge in [-0.05, 0) is 0 Å². The van der Waals surface area contributed by atoms with Crippen LogP contribution < -0.4 is 0 Å². The number of nitrogens with zero attached hydrogens (tertiary/aromatic N) is 1. The summed E-state index contributed by atoms with van der Waals surface area (Å²) in [5.41, 5.74) is 0. The zero-order valence-electron chi connectivity index (χ0n) is 3.89. The maximum atomic E-state index is 8.33. The average Bonchev–Trinajstić information content (AvgIpc) is 2.14. The fraction of sp³-hybridized carbons (Fsp3) is 0. The molecule has 1 aromatic heterocycles. The van der Waals surface area contributed by atoms with E-state index in [-0.39, 0.29) is 14.5 Å². The summed E-state index contributed by atoms with van der Waals surface area (Å²) in [6, 6.07) is 5.88. The third-order valence-electron chi connectivity index (χ3n) is 0.683. The van der Waals surface area contributed by atoms with Crippen LogP contribution in [0.1, 0.15) is 4.44 Å². The predicted molar refractivity (Wildman–Crippen MR) is 35.8 cm³/mol. The van der Waals surface area contributed by atoms with Crippen molar-refractivity contribution >= 4 is 30.4 Å². The fourth-order valence-electron chi connectivity index (χ4n) is 0.374. The van der Waals surface area contributed by atoms with Crippen LogP contribution in [0.2, 0.25) is 0 Å². The molecule has 0 bridgehead atoms. The van der Waals surface area contributed by atoms with Crippen LogP contribution in [0.5, 0.6) is 0 Å². The van der Waals surface area contributed by atoms with Gasteiger partial charge in [-0.1, -0.05) is 0 Å². The molecule has 40 valence electrons. The van der Waals surface area contributed by atoms with Crippen LogP contribution in [0.4, 0.5) is 0 Å². The van der Waals surface area contributed by atoms with E-state index in [2.05, 4.69) is 22.0 Å². The summed E-state index contributed by atoms with van der Waals surface area (Å²) in [7, 11) is 0. The van der Waals surface area contributed by atoms with E-state index in [1.165, 1.54) is 0 Å². The maximum absolute atomic E-state index is 8.33. The molecule has 8 heavy (non-hydrogen) atoms. The summed E-state index contributed by atoms with van der Waals surface area (Å²) >= 11 is 3.58. The second-order valence-corrected chi connectivity index (χ2v) is 5.52. The zero-order chi connectivity index (χ0) is 5.98. The van der Waals surface area contributed by atoms with Gasteiger partial charge >= 0.3 is 61.7 Å². The molecule has 3 heteroatoms. The van der Waals surface area contributed by atoms with Gasteiger partial charge in [0.2, 0.25) is 0 Å². The van der Waals surface area contributed by atoms with E-state index in [9.17, 15) is 0 Å². The molecule has 0 saturated heterocycles. The minimum absolute atomic E-state index is 0.273. The van der Waals surface area contributed by atoms with Crippen molar-refractivity contribution in [2.24, 2.45) is 0 Å². The molecule has 1 nitrogen and oxygen atoms in total. The van der Waals surface area contributed by atoms with Gasteiger partial charge in [-0.25, -0.2) is 0 Å². The molecule has 0 saturated carbocycles. The Morgan fingerprint density at radius 1 is 1.62 bits per heavy atom. The first-order valence-corrected chi connectivity index (χ1v) is 4.49. The van der Waals surface area contributed by atoms with Crippen molar-refractivity contribution in [3.63, 3.8) is 0 Å². The van der Waals surface area contributed by atoms with Crippen molar-refractivity contribution in [3.05, 3.63) is 19.9 Å². The van der Waals surface area contributed by atoms with Gasteiger partial charge in [-0.15, -0.1) is 0 Å². The van der Waals surface area contributed by atoms with Gasteiger partial charge in [0, 0.05) is 0 Å². The van der Waals surface area contributed by atoms with E-state index in [0.717, 1.165) is 7.78 Å². The number of hydrogen-bond acceptors (Lipinski definition) is 1. The number of hydrogen-bond donors (Lipinski definition) is 0. The zero-order valence-corrected chi connectivity index (χ0v) is 7.19. The molecular formula is C5H2BrNSe. The number of nitriles is 1. The van der Waals surface area contributed by atoms with E-state index in [1.54, 1.807) is 0 Å². The van der Waals surface area contributed by atoms with Crippen LogP contribution in [0.25, 0.3) is 0 Å². The summed E-state index contributed by atoms with van der Waals surface area (Å²) in [5, 5.41) is 8.33. The third-order valence-corrected chi connectivity index (χ3v) is 3.42. The molecule has 0 spiro atoms. The summed E-state index contributed by atoms with van der Waals surface area (Å²) in [6.07, 6.45) is 0. The van der Waals surface area contributed by atoms with Crippen molar-refractivity contribution in [1.29, 1.82) is 5.26 Å². The first kappa shape index (κ1) is 6.09. The summed E-state index contributed by atoms with van der Waals surface area (Å²) < 4.78 is 2.05. The molecule has 0 atom stereocenters. The van der Waals surface area contributed by atoms with Crippen LogP contribution in [0.3, 0.4) is 0 Å². The van der Waals surface area contributed by atoms with Crippen LogP contribution in [0, 0.1) is 11.3 Å². The Hall–Kier alpha value is -0.0305. The fourth-order valence-corrected chi connectivity index (χ4v) is 2.52. The summed E-state index contributed by atoms with van der Waals surface area (Å²) in [4.78, 5) is 0. The molecule has 0 unspecified atom stereocenters. The predicted octanol–water partition coefficient (Wildman–Crippen LogP) is 1.38. The van der Waals surface area contributed by atoms with Crippen molar-refractivity contribution in [2.45, 2.75) is 0 Å². The van der Waals surface area contributed by atoms with Gasteiger partial charge in [0.1, 0.15) is 0 Å². The molecule has 0 aliphatic carbocycles. The number of rotatable bonds is 0. The second kappa shape index (κ2) is 2.50. The van der Waals surface area contributed by atoms with Gasteiger partial charge < -0.3 is 0 Å². The Balaban J connectivity index is 3.05. The second-order valence-electron chi connectivity index (χ2n) is 1.22. The monoisotopic (exact) mass is 235 g/mol. The van der Waals surface area contributed by atoms with Gasteiger partial charge in [0.05, 0.1) is 0 Å². The van der Waals surface area contributed by atoms with Crippen LogP contribution >= 0.6 is 15.9 Å². The Morgan fingerprint density at radius 2 is 2.38 bits per heavy atom. The molecule has 0 aliphatic heterocycles.